The fourth-order valence-electron chi connectivity index (χ4n) is 12.8. The zero-order valence-electron chi connectivity index (χ0n) is 66.1. The summed E-state index contributed by atoms with van der Waals surface area (Å²) in [6.07, 6.45) is 66.9. The Bertz CT molecular complexity index is 1930. The maximum Gasteiger partial charge on any atom is 0.472 e. The van der Waals surface area contributed by atoms with Gasteiger partial charge in [-0.15, -0.1) is 0 Å². The Labute approximate surface area is 619 Å². The van der Waals surface area contributed by atoms with Crippen molar-refractivity contribution in [1.29, 1.82) is 0 Å². The Morgan fingerprint density at radius 3 is 0.673 bits per heavy atom. The molecule has 5 atom stereocenters. The van der Waals surface area contributed by atoms with E-state index in [4.69, 9.17) is 37.0 Å². The van der Waals surface area contributed by atoms with Gasteiger partial charge in [-0.2, -0.15) is 0 Å². The van der Waals surface area contributed by atoms with Crippen LogP contribution in [0.5, 0.6) is 0 Å². The summed E-state index contributed by atoms with van der Waals surface area (Å²) in [5.74, 6) is -1.36. The number of rotatable bonds is 82. The van der Waals surface area contributed by atoms with Gasteiger partial charge in [0.25, 0.3) is 0 Å². The lowest BCUT2D eigenvalue weighted by Crippen LogP contribution is -2.30. The van der Waals surface area contributed by atoms with Gasteiger partial charge in [-0.05, 0) is 31.6 Å². The average molecular weight is 1480 g/mol. The van der Waals surface area contributed by atoms with Crippen LogP contribution in [0.1, 0.15) is 439 Å². The molecule has 0 aromatic rings. The lowest BCUT2D eigenvalue weighted by molar-refractivity contribution is -0.161. The fourth-order valence-corrected chi connectivity index (χ4v) is 14.3. The first-order chi connectivity index (χ1) is 49.0. The minimum absolute atomic E-state index is 0.106. The highest BCUT2D eigenvalue weighted by Crippen LogP contribution is 2.45. The summed E-state index contributed by atoms with van der Waals surface area (Å²) in [6, 6.07) is 0. The molecule has 19 heteroatoms. The average Bonchev–Trinajstić information content (AvgIpc) is 0.997. The SMILES string of the molecule is CCCCCCCCCCCCCCCCCCCCCCC(=O)OC[C@H](COP(=O)(O)OC[C@@H](O)COP(=O)(O)OC[C@@H](COC(=O)CCCCCCCCCC)OC(=O)CCCCCCCCCCCCC(C)C)OC(=O)CCCCCCCCCCCCCCCCCCCCCC. The molecule has 0 aromatic heterocycles. The molecular formula is C82H160O17P2. The van der Waals surface area contributed by atoms with Crippen LogP contribution >= 0.6 is 15.6 Å². The number of aliphatic hydroxyl groups is 1. The summed E-state index contributed by atoms with van der Waals surface area (Å²) in [5, 5.41) is 10.6. The quantitative estimate of drug-likeness (QED) is 0.0222. The highest BCUT2D eigenvalue weighted by molar-refractivity contribution is 7.47. The summed E-state index contributed by atoms with van der Waals surface area (Å²) in [7, 11) is -9.92. The van der Waals surface area contributed by atoms with Gasteiger partial charge in [-0.3, -0.25) is 37.3 Å². The molecule has 600 valence electrons. The van der Waals surface area contributed by atoms with Crippen molar-refractivity contribution in [2.75, 3.05) is 39.6 Å². The lowest BCUT2D eigenvalue weighted by atomic mass is 10.0. The number of unbranched alkanes of at least 4 members (excludes halogenated alkanes) is 54. The second-order valence-corrected chi connectivity index (χ2v) is 32.9. The molecule has 0 aliphatic carbocycles. The molecule has 0 bridgehead atoms. The zero-order valence-corrected chi connectivity index (χ0v) is 67.8. The molecule has 0 amide bonds. The van der Waals surface area contributed by atoms with Crippen LogP contribution in [-0.2, 0) is 65.4 Å². The molecule has 0 aromatic carbocycles. The predicted molar refractivity (Wildman–Crippen MR) is 414 cm³/mol. The van der Waals surface area contributed by atoms with E-state index < -0.39 is 97.5 Å². The summed E-state index contributed by atoms with van der Waals surface area (Å²) in [5.41, 5.74) is 0. The van der Waals surface area contributed by atoms with Crippen LogP contribution in [0, 0.1) is 5.92 Å². The largest absolute Gasteiger partial charge is 0.472 e. The van der Waals surface area contributed by atoms with Crippen LogP contribution in [0.15, 0.2) is 0 Å². The van der Waals surface area contributed by atoms with Crippen molar-refractivity contribution in [3.05, 3.63) is 0 Å². The monoisotopic (exact) mass is 1480 g/mol. The fraction of sp³-hybridized carbons (Fsp3) is 0.951. The highest BCUT2D eigenvalue weighted by atomic mass is 31.2. The van der Waals surface area contributed by atoms with Gasteiger partial charge in [0.2, 0.25) is 0 Å². The Kier molecular flexibility index (Phi) is 73.5. The Morgan fingerprint density at radius 2 is 0.455 bits per heavy atom. The zero-order chi connectivity index (χ0) is 74.1. The smallest absolute Gasteiger partial charge is 0.462 e. The maximum atomic E-state index is 13.1. The second-order valence-electron chi connectivity index (χ2n) is 30.0. The van der Waals surface area contributed by atoms with Crippen LogP contribution in [0.3, 0.4) is 0 Å². The van der Waals surface area contributed by atoms with Crippen molar-refractivity contribution in [2.45, 2.75) is 457 Å². The number of aliphatic hydroxyl groups excluding tert-OH is 1. The van der Waals surface area contributed by atoms with Crippen molar-refractivity contribution in [2.24, 2.45) is 5.92 Å². The molecule has 0 spiro atoms. The molecular weight excluding hydrogens is 1320 g/mol. The van der Waals surface area contributed by atoms with Crippen molar-refractivity contribution in [1.82, 2.24) is 0 Å². The Morgan fingerprint density at radius 1 is 0.267 bits per heavy atom. The van der Waals surface area contributed by atoms with Crippen molar-refractivity contribution in [3.8, 4) is 0 Å². The molecule has 3 N–H and O–H groups in total. The van der Waals surface area contributed by atoms with E-state index in [1.54, 1.807) is 0 Å². The lowest BCUT2D eigenvalue weighted by Gasteiger charge is -2.21. The first-order valence-electron chi connectivity index (χ1n) is 42.6. The molecule has 101 heavy (non-hydrogen) atoms. The molecule has 0 fully saturated rings. The van der Waals surface area contributed by atoms with E-state index in [0.717, 1.165) is 102 Å². The van der Waals surface area contributed by atoms with Gasteiger partial charge in [0.15, 0.2) is 12.2 Å². The molecule has 0 aliphatic rings. The van der Waals surface area contributed by atoms with Crippen LogP contribution in [0.25, 0.3) is 0 Å². The summed E-state index contributed by atoms with van der Waals surface area (Å²) in [6.45, 7) is 7.29. The Balaban J connectivity index is 5.18. The topological polar surface area (TPSA) is 237 Å². The van der Waals surface area contributed by atoms with Gasteiger partial charge < -0.3 is 33.8 Å². The molecule has 2 unspecified atom stereocenters. The summed E-state index contributed by atoms with van der Waals surface area (Å²) < 4.78 is 68.7. The minimum atomic E-state index is -4.96. The molecule has 17 nitrogen and oxygen atoms in total. The summed E-state index contributed by atoms with van der Waals surface area (Å²) in [4.78, 5) is 72.9. The van der Waals surface area contributed by atoms with Gasteiger partial charge in [0, 0.05) is 25.7 Å². The van der Waals surface area contributed by atoms with Gasteiger partial charge in [-0.25, -0.2) is 9.13 Å². The number of ether oxygens (including phenoxy) is 4. The van der Waals surface area contributed by atoms with Crippen LogP contribution in [-0.4, -0.2) is 96.7 Å². The standard InChI is InChI=1S/C82H160O17P2/c1-6-9-12-15-18-21-23-25-27-29-31-33-35-37-39-41-46-51-56-61-66-80(85)93-72-78(99-81(86)67-62-57-52-47-42-40-38-36-34-32-30-28-26-24-22-19-16-13-10-7-2)74-97-101(90,91)95-70-76(83)69-94-100(88,89)96-73-77(71-92-79(84)65-60-55-50-20-17-14-11-8-3)98-82(87)68-63-58-53-48-44-43-45-49-54-59-64-75(4)5/h75-78,83H,6-74H2,1-5H3,(H,88,89)(H,90,91)/t76-,77+,78+/m0/s1. The van der Waals surface area contributed by atoms with E-state index in [1.165, 1.54) is 257 Å². The molecule has 0 radical (unpaired) electrons. The minimum Gasteiger partial charge on any atom is -0.462 e. The molecule has 0 heterocycles. The molecule has 0 saturated carbocycles. The molecule has 0 saturated heterocycles. The van der Waals surface area contributed by atoms with Crippen LogP contribution in [0.4, 0.5) is 0 Å². The van der Waals surface area contributed by atoms with E-state index in [1.807, 2.05) is 0 Å². The summed E-state index contributed by atoms with van der Waals surface area (Å²) >= 11 is 0. The second kappa shape index (κ2) is 74.9. The van der Waals surface area contributed by atoms with Crippen LogP contribution in [0.2, 0.25) is 0 Å². The number of carbonyl (C=O) groups is 4. The highest BCUT2D eigenvalue weighted by Gasteiger charge is 2.30. The van der Waals surface area contributed by atoms with Crippen molar-refractivity contribution < 1.29 is 80.2 Å². The third-order valence-corrected chi connectivity index (χ3v) is 21.2. The van der Waals surface area contributed by atoms with Crippen molar-refractivity contribution in [3.63, 3.8) is 0 Å². The van der Waals surface area contributed by atoms with E-state index in [-0.39, 0.29) is 25.7 Å². The van der Waals surface area contributed by atoms with Gasteiger partial charge in [-0.1, -0.05) is 388 Å². The number of hydrogen-bond acceptors (Lipinski definition) is 15. The number of esters is 4. The third kappa shape index (κ3) is 76.1. The van der Waals surface area contributed by atoms with E-state index in [9.17, 15) is 43.2 Å². The van der Waals surface area contributed by atoms with Gasteiger partial charge >= 0.3 is 39.5 Å². The molecule has 0 aliphatic heterocycles. The Hall–Kier alpha value is -1.94. The number of hydrogen-bond donors (Lipinski definition) is 3. The van der Waals surface area contributed by atoms with E-state index in [2.05, 4.69) is 34.6 Å². The predicted octanol–water partition coefficient (Wildman–Crippen LogP) is 24.8. The van der Waals surface area contributed by atoms with E-state index in [0.29, 0.717) is 25.7 Å². The normalized spacial score (nSPS) is 13.8. The van der Waals surface area contributed by atoms with E-state index >= 15 is 0 Å². The van der Waals surface area contributed by atoms with Gasteiger partial charge in [0.05, 0.1) is 26.4 Å². The maximum absolute atomic E-state index is 13.1. The first kappa shape index (κ1) is 99.1. The van der Waals surface area contributed by atoms with Crippen molar-refractivity contribution >= 4 is 39.5 Å². The number of phosphoric ester groups is 2. The number of phosphoric acid groups is 2. The first-order valence-corrected chi connectivity index (χ1v) is 45.6. The third-order valence-electron chi connectivity index (χ3n) is 19.3. The molecule has 0 rings (SSSR count). The number of carbonyl (C=O) groups excluding carboxylic acids is 4. The van der Waals surface area contributed by atoms with Crippen LogP contribution < -0.4 is 0 Å². The van der Waals surface area contributed by atoms with Gasteiger partial charge in [0.1, 0.15) is 19.3 Å².